The minimum absolute atomic E-state index is 0.207. The molecule has 0 aromatic rings. The van der Waals surface area contributed by atoms with Gasteiger partial charge < -0.3 is 40.3 Å². The highest BCUT2D eigenvalue weighted by molar-refractivity contribution is 5.76. The molecule has 0 aliphatic carbocycles. The average molecular weight is 986 g/mol. The van der Waals surface area contributed by atoms with Crippen LogP contribution in [0.15, 0.2) is 146 Å². The SMILES string of the molecule is CC/C=C\C/C=C\C/C=C\C/C=C\C/C=C\C/C=C\C/C=C\C/C=C\C/C=C\CCCCCCCCCCCC(=O)NC(COC1OC(CO)C(O)C(O)C1O)C(O)/C=C/CC/C=C/CC/C=C/CCC. The smallest absolute Gasteiger partial charge is 0.220 e. The molecule has 1 aliphatic heterocycles. The molecule has 9 nitrogen and oxygen atoms in total. The summed E-state index contributed by atoms with van der Waals surface area (Å²) < 4.78 is 11.2. The van der Waals surface area contributed by atoms with E-state index < -0.39 is 49.5 Å². The van der Waals surface area contributed by atoms with Crippen molar-refractivity contribution in [3.8, 4) is 0 Å². The zero-order valence-corrected chi connectivity index (χ0v) is 44.2. The molecular formula is C62H99NO8. The van der Waals surface area contributed by atoms with Gasteiger partial charge in [0.15, 0.2) is 6.29 Å². The van der Waals surface area contributed by atoms with Crippen LogP contribution in [0.25, 0.3) is 0 Å². The van der Waals surface area contributed by atoms with Gasteiger partial charge in [-0.05, 0) is 109 Å². The molecule has 1 aliphatic rings. The number of aliphatic hydroxyl groups excluding tert-OH is 5. The van der Waals surface area contributed by atoms with E-state index in [1.165, 1.54) is 32.1 Å². The molecule has 7 unspecified atom stereocenters. The van der Waals surface area contributed by atoms with Gasteiger partial charge in [0.1, 0.15) is 24.4 Å². The maximum absolute atomic E-state index is 13.0. The van der Waals surface area contributed by atoms with Crippen LogP contribution in [-0.2, 0) is 14.3 Å². The van der Waals surface area contributed by atoms with Crippen molar-refractivity contribution in [1.82, 2.24) is 5.32 Å². The lowest BCUT2D eigenvalue weighted by atomic mass is 9.99. The molecule has 0 radical (unpaired) electrons. The first kappa shape index (κ1) is 65.1. The molecule has 0 bridgehead atoms. The van der Waals surface area contributed by atoms with Gasteiger partial charge in [0.2, 0.25) is 5.91 Å². The Bertz CT molecular complexity index is 1610. The van der Waals surface area contributed by atoms with Crippen LogP contribution in [0.4, 0.5) is 0 Å². The van der Waals surface area contributed by atoms with Crippen molar-refractivity contribution in [2.24, 2.45) is 0 Å². The van der Waals surface area contributed by atoms with Gasteiger partial charge in [-0.25, -0.2) is 0 Å². The third-order valence-electron chi connectivity index (χ3n) is 11.9. The number of allylic oxidation sites excluding steroid dienone is 23. The molecule has 1 saturated heterocycles. The molecule has 400 valence electrons. The Balaban J connectivity index is 2.17. The summed E-state index contributed by atoms with van der Waals surface area (Å²) in [7, 11) is 0. The maximum Gasteiger partial charge on any atom is 0.220 e. The summed E-state index contributed by atoms with van der Waals surface area (Å²) >= 11 is 0. The number of rotatable bonds is 44. The van der Waals surface area contributed by atoms with E-state index in [2.05, 4.69) is 153 Å². The van der Waals surface area contributed by atoms with Crippen molar-refractivity contribution in [3.05, 3.63) is 146 Å². The molecule has 0 aromatic heterocycles. The third-order valence-corrected chi connectivity index (χ3v) is 11.9. The lowest BCUT2D eigenvalue weighted by molar-refractivity contribution is -0.302. The first-order valence-electron chi connectivity index (χ1n) is 27.6. The van der Waals surface area contributed by atoms with Crippen LogP contribution in [0, 0.1) is 0 Å². The van der Waals surface area contributed by atoms with Gasteiger partial charge in [-0.15, -0.1) is 0 Å². The highest BCUT2D eigenvalue weighted by Gasteiger charge is 2.44. The Morgan fingerprint density at radius 1 is 0.493 bits per heavy atom. The van der Waals surface area contributed by atoms with Gasteiger partial charge in [0.25, 0.3) is 0 Å². The van der Waals surface area contributed by atoms with Crippen LogP contribution in [0.3, 0.4) is 0 Å². The van der Waals surface area contributed by atoms with Crippen LogP contribution in [0.5, 0.6) is 0 Å². The van der Waals surface area contributed by atoms with Crippen molar-refractivity contribution in [1.29, 1.82) is 0 Å². The standard InChI is InChI=1S/C62H99NO8/c1-3-5-7-9-11-13-15-16-17-18-19-20-21-22-23-24-25-26-27-28-29-30-31-32-33-34-35-36-37-38-39-40-42-44-46-48-50-52-58(66)63-55(54-70-62-61(69)60(68)59(67)57(53-64)71-62)56(65)51-49-47-45-43-41-14-12-10-8-6-4-2/h5,7-8,10-11,13,16-17,19-20,22-23,25-26,28-29,31-32,34-35,41,43,49,51,55-57,59-62,64-65,67-69H,3-4,6,9,12,14-15,18,21,24,27,30,33,36-40,42,44-48,50,52-54H2,1-2H3,(H,63,66)/b7-5-,10-8+,13-11-,17-16-,20-19-,23-22-,26-25-,29-28-,32-31-,35-34-,43-41+,51-49+. The van der Waals surface area contributed by atoms with Gasteiger partial charge in [0, 0.05) is 6.42 Å². The molecule has 1 fully saturated rings. The summed E-state index contributed by atoms with van der Waals surface area (Å²) in [5, 5.41) is 54.2. The number of hydrogen-bond acceptors (Lipinski definition) is 8. The molecule has 7 atom stereocenters. The Morgan fingerprint density at radius 2 is 0.887 bits per heavy atom. The second kappa shape index (κ2) is 49.6. The van der Waals surface area contributed by atoms with Crippen LogP contribution in [0.2, 0.25) is 0 Å². The number of ether oxygens (including phenoxy) is 2. The molecule has 6 N–H and O–H groups in total. The topological polar surface area (TPSA) is 149 Å². The summed E-state index contributed by atoms with van der Waals surface area (Å²) in [5.74, 6) is -0.207. The monoisotopic (exact) mass is 986 g/mol. The minimum atomic E-state index is -1.58. The van der Waals surface area contributed by atoms with Gasteiger partial charge >= 0.3 is 0 Å². The summed E-state index contributed by atoms with van der Waals surface area (Å²) in [6, 6.07) is -0.840. The lowest BCUT2D eigenvalue weighted by Crippen LogP contribution is -2.60. The zero-order chi connectivity index (χ0) is 51.5. The number of carbonyl (C=O) groups excluding carboxylic acids is 1. The fourth-order valence-electron chi connectivity index (χ4n) is 7.54. The third kappa shape index (κ3) is 39.3. The molecule has 9 heteroatoms. The number of carbonyl (C=O) groups is 1. The highest BCUT2D eigenvalue weighted by Crippen LogP contribution is 2.22. The predicted octanol–water partition coefficient (Wildman–Crippen LogP) is 13.5. The van der Waals surface area contributed by atoms with Gasteiger partial charge in [-0.1, -0.05) is 211 Å². The van der Waals surface area contributed by atoms with E-state index in [-0.39, 0.29) is 12.5 Å². The van der Waals surface area contributed by atoms with Crippen LogP contribution in [0.1, 0.15) is 181 Å². The van der Waals surface area contributed by atoms with Gasteiger partial charge in [0.05, 0.1) is 25.4 Å². The fraction of sp³-hybridized carbons (Fsp3) is 0.597. The van der Waals surface area contributed by atoms with Gasteiger partial charge in [-0.2, -0.15) is 0 Å². The van der Waals surface area contributed by atoms with Gasteiger partial charge in [-0.3, -0.25) is 4.79 Å². The Hall–Kier alpha value is -3.93. The molecule has 1 rings (SSSR count). The van der Waals surface area contributed by atoms with E-state index in [1.807, 2.05) is 6.08 Å². The number of unbranched alkanes of at least 4 members (excludes halogenated alkanes) is 12. The normalized spacial score (nSPS) is 20.5. The fourth-order valence-corrected chi connectivity index (χ4v) is 7.54. The summed E-state index contributed by atoms with van der Waals surface area (Å²) in [4.78, 5) is 13.0. The largest absolute Gasteiger partial charge is 0.394 e. The second-order valence-electron chi connectivity index (χ2n) is 18.3. The van der Waals surface area contributed by atoms with Crippen molar-refractivity contribution >= 4 is 5.91 Å². The van der Waals surface area contributed by atoms with Crippen LogP contribution < -0.4 is 5.32 Å². The minimum Gasteiger partial charge on any atom is -0.394 e. The Morgan fingerprint density at radius 3 is 1.34 bits per heavy atom. The Kier molecular flexibility index (Phi) is 45.5. The zero-order valence-electron chi connectivity index (χ0n) is 44.2. The van der Waals surface area contributed by atoms with E-state index in [0.29, 0.717) is 6.42 Å². The lowest BCUT2D eigenvalue weighted by Gasteiger charge is -2.40. The van der Waals surface area contributed by atoms with E-state index in [9.17, 15) is 30.3 Å². The van der Waals surface area contributed by atoms with Crippen LogP contribution in [-0.4, -0.2) is 87.5 Å². The second-order valence-corrected chi connectivity index (χ2v) is 18.3. The molecule has 0 spiro atoms. The molecule has 1 heterocycles. The maximum atomic E-state index is 13.0. The molecule has 71 heavy (non-hydrogen) atoms. The molecule has 1 amide bonds. The van der Waals surface area contributed by atoms with E-state index in [0.717, 1.165) is 128 Å². The molecule has 0 aromatic carbocycles. The molecule has 0 saturated carbocycles. The quantitative estimate of drug-likeness (QED) is 0.0261. The first-order valence-corrected chi connectivity index (χ1v) is 27.6. The highest BCUT2D eigenvalue weighted by atomic mass is 16.7. The molecular weight excluding hydrogens is 887 g/mol. The van der Waals surface area contributed by atoms with Crippen molar-refractivity contribution in [2.75, 3.05) is 13.2 Å². The number of amides is 1. The predicted molar refractivity (Wildman–Crippen MR) is 299 cm³/mol. The van der Waals surface area contributed by atoms with Crippen molar-refractivity contribution in [3.63, 3.8) is 0 Å². The first-order chi connectivity index (χ1) is 34.8. The summed E-state index contributed by atoms with van der Waals surface area (Å²) in [6.07, 6.45) is 70.6. The summed E-state index contributed by atoms with van der Waals surface area (Å²) in [5.41, 5.74) is 0. The van der Waals surface area contributed by atoms with Crippen molar-refractivity contribution in [2.45, 2.75) is 224 Å². The van der Waals surface area contributed by atoms with Crippen LogP contribution >= 0.6 is 0 Å². The van der Waals surface area contributed by atoms with E-state index in [4.69, 9.17) is 9.47 Å². The number of nitrogens with one attached hydrogen (secondary N) is 1. The summed E-state index contributed by atoms with van der Waals surface area (Å²) in [6.45, 7) is 3.53. The number of aliphatic hydroxyl groups is 5. The van der Waals surface area contributed by atoms with E-state index in [1.54, 1.807) is 6.08 Å². The average Bonchev–Trinajstić information content (AvgIpc) is 3.37. The Labute approximate surface area is 432 Å². The number of hydrogen-bond donors (Lipinski definition) is 6. The van der Waals surface area contributed by atoms with Crippen molar-refractivity contribution < 1.29 is 39.8 Å². The van der Waals surface area contributed by atoms with E-state index >= 15 is 0 Å².